The van der Waals surface area contributed by atoms with Crippen molar-refractivity contribution in [2.75, 3.05) is 79.6 Å². The molecule has 10 heteroatoms. The summed E-state index contributed by atoms with van der Waals surface area (Å²) in [5.74, 6) is 3.57. The van der Waals surface area contributed by atoms with Crippen LogP contribution in [0, 0.1) is 12.3 Å². The molecule has 1 aliphatic rings. The molecule has 0 spiro atoms. The highest BCUT2D eigenvalue weighted by atomic mass is 16.5. The van der Waals surface area contributed by atoms with Crippen LogP contribution in [-0.4, -0.2) is 102 Å². The van der Waals surface area contributed by atoms with Gasteiger partial charge in [0.15, 0.2) is 0 Å². The van der Waals surface area contributed by atoms with Crippen molar-refractivity contribution in [2.24, 2.45) is 0 Å². The lowest BCUT2D eigenvalue weighted by atomic mass is 10.2. The first-order chi connectivity index (χ1) is 18.2. The highest BCUT2D eigenvalue weighted by molar-refractivity contribution is 5.88. The third-order valence-corrected chi connectivity index (χ3v) is 5.30. The third-order valence-electron chi connectivity index (χ3n) is 5.30. The second kappa shape index (κ2) is 16.5. The molecule has 1 aromatic heterocycles. The van der Waals surface area contributed by atoms with Crippen LogP contribution < -0.4 is 9.47 Å². The smallest absolute Gasteiger partial charge is 0.339 e. The Balaban J connectivity index is 1.19. The van der Waals surface area contributed by atoms with Gasteiger partial charge in [-0.3, -0.25) is 4.90 Å². The molecule has 2 heterocycles. The maximum absolute atomic E-state index is 11.5. The van der Waals surface area contributed by atoms with Gasteiger partial charge in [0, 0.05) is 38.0 Å². The van der Waals surface area contributed by atoms with E-state index in [2.05, 4.69) is 20.5 Å². The highest BCUT2D eigenvalue weighted by Crippen LogP contribution is 2.24. The van der Waals surface area contributed by atoms with Crippen LogP contribution in [0.4, 0.5) is 0 Å². The maximum atomic E-state index is 11.5. The standard InChI is InChI=1S/C27H34N2O8/c1-3-10-32-12-13-34-15-17-36-25-20-29(21-25)9-11-33-14-16-35-23-5-4-6-24(18-23)37-26-8-7-22(19-28-26)27(30)31-2/h1,4-8,18-19,25H,9-17,20-21H2,2H3. The van der Waals surface area contributed by atoms with E-state index in [0.717, 1.165) is 19.6 Å². The molecule has 1 aromatic carbocycles. The molecule has 1 fully saturated rings. The van der Waals surface area contributed by atoms with Crippen molar-refractivity contribution in [1.82, 2.24) is 9.88 Å². The Bertz CT molecular complexity index is 973. The normalized spacial score (nSPS) is 13.5. The Hall–Kier alpha value is -3.20. The molecule has 1 aliphatic heterocycles. The second-order valence-electron chi connectivity index (χ2n) is 8.04. The lowest BCUT2D eigenvalue weighted by molar-refractivity contribution is -0.0790. The summed E-state index contributed by atoms with van der Waals surface area (Å²) in [7, 11) is 1.32. The van der Waals surface area contributed by atoms with Gasteiger partial charge in [-0.2, -0.15) is 0 Å². The number of aromatic nitrogens is 1. The molecule has 0 unspecified atom stereocenters. The van der Waals surface area contributed by atoms with Gasteiger partial charge in [-0.15, -0.1) is 6.42 Å². The summed E-state index contributed by atoms with van der Waals surface area (Å²) < 4.78 is 38.2. The molecule has 37 heavy (non-hydrogen) atoms. The van der Waals surface area contributed by atoms with Crippen molar-refractivity contribution in [1.29, 1.82) is 0 Å². The molecule has 0 aliphatic carbocycles. The minimum Gasteiger partial charge on any atom is -0.491 e. The largest absolute Gasteiger partial charge is 0.491 e. The van der Waals surface area contributed by atoms with Crippen molar-refractivity contribution in [3.8, 4) is 29.7 Å². The summed E-state index contributed by atoms with van der Waals surface area (Å²) in [6.45, 7) is 6.66. The third kappa shape index (κ3) is 10.8. The van der Waals surface area contributed by atoms with Crippen LogP contribution in [0.3, 0.4) is 0 Å². The van der Waals surface area contributed by atoms with Crippen molar-refractivity contribution < 1.29 is 38.0 Å². The van der Waals surface area contributed by atoms with Gasteiger partial charge in [0.05, 0.1) is 58.4 Å². The van der Waals surface area contributed by atoms with E-state index < -0.39 is 5.97 Å². The van der Waals surface area contributed by atoms with Crippen LogP contribution in [-0.2, 0) is 23.7 Å². The average molecular weight is 515 g/mol. The van der Waals surface area contributed by atoms with Gasteiger partial charge in [-0.05, 0) is 18.2 Å². The molecule has 1 saturated heterocycles. The van der Waals surface area contributed by atoms with E-state index in [1.807, 2.05) is 12.1 Å². The van der Waals surface area contributed by atoms with Crippen LogP contribution in [0.1, 0.15) is 10.4 Å². The topological polar surface area (TPSA) is 97.8 Å². The number of hydrogen-bond donors (Lipinski definition) is 0. The number of methoxy groups -OCH3 is 1. The van der Waals surface area contributed by atoms with Crippen molar-refractivity contribution >= 4 is 5.97 Å². The number of pyridine rings is 1. The summed E-state index contributed by atoms with van der Waals surface area (Å²) in [4.78, 5) is 17.9. The molecule has 0 radical (unpaired) electrons. The monoisotopic (exact) mass is 514 g/mol. The Morgan fingerprint density at radius 2 is 1.76 bits per heavy atom. The second-order valence-corrected chi connectivity index (χ2v) is 8.04. The SMILES string of the molecule is C#CCOCCOCCOC1CN(CCOCCOc2cccc(Oc3ccc(C(=O)OC)cn3)c2)C1. The first-order valence-electron chi connectivity index (χ1n) is 12.1. The molecule has 0 atom stereocenters. The zero-order valence-corrected chi connectivity index (χ0v) is 21.1. The molecular formula is C27H34N2O8. The van der Waals surface area contributed by atoms with E-state index >= 15 is 0 Å². The summed E-state index contributed by atoms with van der Waals surface area (Å²) >= 11 is 0. The molecule has 0 saturated carbocycles. The Morgan fingerprint density at radius 3 is 2.54 bits per heavy atom. The quantitative estimate of drug-likeness (QED) is 0.168. The predicted molar refractivity (Wildman–Crippen MR) is 135 cm³/mol. The van der Waals surface area contributed by atoms with Crippen LogP contribution in [0.2, 0.25) is 0 Å². The van der Waals surface area contributed by atoms with Crippen LogP contribution in [0.15, 0.2) is 42.6 Å². The van der Waals surface area contributed by atoms with Crippen LogP contribution >= 0.6 is 0 Å². The first kappa shape index (κ1) is 28.4. The number of ether oxygens (including phenoxy) is 7. The fraction of sp³-hybridized carbons (Fsp3) is 0.481. The van der Waals surface area contributed by atoms with E-state index in [0.29, 0.717) is 75.8 Å². The summed E-state index contributed by atoms with van der Waals surface area (Å²) in [5.41, 5.74) is 0.356. The van der Waals surface area contributed by atoms with Crippen molar-refractivity contribution in [3.05, 3.63) is 48.2 Å². The number of nitrogens with zero attached hydrogens (tertiary/aromatic N) is 2. The predicted octanol–water partition coefficient (Wildman–Crippen LogP) is 2.42. The number of esters is 1. The average Bonchev–Trinajstić information content (AvgIpc) is 2.90. The summed E-state index contributed by atoms with van der Waals surface area (Å²) in [6.07, 6.45) is 6.76. The van der Waals surface area contributed by atoms with Gasteiger partial charge < -0.3 is 33.2 Å². The van der Waals surface area contributed by atoms with Gasteiger partial charge in [-0.1, -0.05) is 12.0 Å². The van der Waals surface area contributed by atoms with Crippen LogP contribution in [0.25, 0.3) is 0 Å². The Kier molecular flexibility index (Phi) is 12.7. The number of hydrogen-bond acceptors (Lipinski definition) is 10. The molecular weight excluding hydrogens is 480 g/mol. The van der Waals surface area contributed by atoms with E-state index in [1.54, 1.807) is 24.3 Å². The molecule has 3 rings (SSSR count). The Labute approximate surface area is 217 Å². The van der Waals surface area contributed by atoms with E-state index in [9.17, 15) is 4.79 Å². The van der Waals surface area contributed by atoms with Crippen molar-refractivity contribution in [2.45, 2.75) is 6.10 Å². The zero-order valence-electron chi connectivity index (χ0n) is 21.1. The lowest BCUT2D eigenvalue weighted by Gasteiger charge is -2.38. The molecule has 10 nitrogen and oxygen atoms in total. The molecule has 2 aromatic rings. The van der Waals surface area contributed by atoms with Gasteiger partial charge in [0.2, 0.25) is 5.88 Å². The molecule has 0 N–H and O–H groups in total. The molecule has 0 amide bonds. The minimum absolute atomic E-state index is 0.250. The number of carbonyl (C=O) groups is 1. The number of terminal acetylenes is 1. The minimum atomic E-state index is -0.448. The van der Waals surface area contributed by atoms with Gasteiger partial charge in [0.1, 0.15) is 24.7 Å². The summed E-state index contributed by atoms with van der Waals surface area (Å²) in [6, 6.07) is 10.5. The number of carbonyl (C=O) groups excluding carboxylic acids is 1. The molecule has 0 bridgehead atoms. The fourth-order valence-corrected chi connectivity index (χ4v) is 3.38. The fourth-order valence-electron chi connectivity index (χ4n) is 3.38. The van der Waals surface area contributed by atoms with Gasteiger partial charge >= 0.3 is 5.97 Å². The van der Waals surface area contributed by atoms with E-state index in [-0.39, 0.29) is 6.10 Å². The summed E-state index contributed by atoms with van der Waals surface area (Å²) in [5, 5.41) is 0. The number of likely N-dealkylation sites (tertiary alicyclic amines) is 1. The van der Waals surface area contributed by atoms with Crippen LogP contribution in [0.5, 0.6) is 17.4 Å². The number of benzene rings is 1. The van der Waals surface area contributed by atoms with Gasteiger partial charge in [0.25, 0.3) is 0 Å². The molecule has 200 valence electrons. The lowest BCUT2D eigenvalue weighted by Crippen LogP contribution is -2.53. The van der Waals surface area contributed by atoms with Gasteiger partial charge in [-0.25, -0.2) is 9.78 Å². The first-order valence-corrected chi connectivity index (χ1v) is 12.1. The van der Waals surface area contributed by atoms with E-state index in [4.69, 9.17) is 34.8 Å². The highest BCUT2D eigenvalue weighted by Gasteiger charge is 2.26. The van der Waals surface area contributed by atoms with Crippen molar-refractivity contribution in [3.63, 3.8) is 0 Å². The zero-order chi connectivity index (χ0) is 26.1. The Morgan fingerprint density at radius 1 is 1.00 bits per heavy atom. The number of rotatable bonds is 18. The van der Waals surface area contributed by atoms with E-state index in [1.165, 1.54) is 13.3 Å². The maximum Gasteiger partial charge on any atom is 0.339 e.